The van der Waals surface area contributed by atoms with E-state index in [0.717, 1.165) is 5.56 Å². The molecule has 0 spiro atoms. The summed E-state index contributed by atoms with van der Waals surface area (Å²) in [4.78, 5) is 3.86. The van der Waals surface area contributed by atoms with Gasteiger partial charge in [0, 0.05) is 6.20 Å². The summed E-state index contributed by atoms with van der Waals surface area (Å²) in [7, 11) is 0. The predicted octanol–water partition coefficient (Wildman–Crippen LogP) is 2.58. The van der Waals surface area contributed by atoms with E-state index in [1.54, 1.807) is 6.20 Å². The van der Waals surface area contributed by atoms with Crippen LogP contribution in [-0.4, -0.2) is 4.98 Å². The highest BCUT2D eigenvalue weighted by Gasteiger charge is 2.12. The first-order valence-electron chi connectivity index (χ1n) is 6.22. The number of aryl methyl sites for hydroxylation is 2. The Hall–Kier alpha value is -1.78. The van der Waals surface area contributed by atoms with Crippen LogP contribution in [0.3, 0.4) is 0 Å². The number of hydrogen-bond donors (Lipinski definition) is 2. The minimum atomic E-state index is -0.349. The van der Waals surface area contributed by atoms with E-state index in [1.807, 2.05) is 0 Å². The highest BCUT2D eigenvalue weighted by Crippen LogP contribution is 2.19. The second-order valence-electron chi connectivity index (χ2n) is 4.86. The van der Waals surface area contributed by atoms with Crippen LogP contribution in [0.25, 0.3) is 0 Å². The van der Waals surface area contributed by atoms with Gasteiger partial charge < -0.3 is 0 Å². The van der Waals surface area contributed by atoms with Crippen molar-refractivity contribution in [2.75, 3.05) is 0 Å². The van der Waals surface area contributed by atoms with E-state index >= 15 is 0 Å². The number of nitrogens with zero attached hydrogens (tertiary/aromatic N) is 1. The van der Waals surface area contributed by atoms with Crippen molar-refractivity contribution in [1.29, 1.82) is 0 Å². The lowest BCUT2D eigenvalue weighted by Crippen LogP contribution is -2.29. The standard InChI is InChI=1S/C15H18FN3/c1-10-3-11(2)5-12(4-10)6-15(19-17)13-7-14(16)9-18-8-13/h3-5,7-9,15,19H,6,17H2,1-2H3. The number of aromatic nitrogens is 1. The third-order valence-corrected chi connectivity index (χ3v) is 3.05. The Morgan fingerprint density at radius 3 is 2.42 bits per heavy atom. The largest absolute Gasteiger partial charge is 0.271 e. The molecular formula is C15H18FN3. The van der Waals surface area contributed by atoms with Crippen LogP contribution in [0.4, 0.5) is 4.39 Å². The van der Waals surface area contributed by atoms with Crippen LogP contribution in [0.2, 0.25) is 0 Å². The monoisotopic (exact) mass is 259 g/mol. The molecule has 0 amide bonds. The number of pyridine rings is 1. The van der Waals surface area contributed by atoms with E-state index in [0.29, 0.717) is 6.42 Å². The van der Waals surface area contributed by atoms with Gasteiger partial charge in [0.15, 0.2) is 0 Å². The number of nitrogens with two attached hydrogens (primary N) is 1. The van der Waals surface area contributed by atoms with E-state index < -0.39 is 0 Å². The van der Waals surface area contributed by atoms with Crippen LogP contribution in [0.15, 0.2) is 36.7 Å². The Balaban J connectivity index is 2.23. The molecule has 0 fully saturated rings. The lowest BCUT2D eigenvalue weighted by atomic mass is 9.98. The maximum Gasteiger partial charge on any atom is 0.141 e. The first-order valence-corrected chi connectivity index (χ1v) is 6.22. The van der Waals surface area contributed by atoms with Gasteiger partial charge in [-0.3, -0.25) is 16.3 Å². The number of hydrazine groups is 1. The topological polar surface area (TPSA) is 50.9 Å². The molecule has 1 heterocycles. The fourth-order valence-corrected chi connectivity index (χ4v) is 2.31. The van der Waals surface area contributed by atoms with Crippen molar-refractivity contribution in [3.8, 4) is 0 Å². The van der Waals surface area contributed by atoms with Gasteiger partial charge in [0.05, 0.1) is 12.2 Å². The van der Waals surface area contributed by atoms with Gasteiger partial charge in [0.2, 0.25) is 0 Å². The molecule has 2 rings (SSSR count). The van der Waals surface area contributed by atoms with Crippen molar-refractivity contribution >= 4 is 0 Å². The first kappa shape index (κ1) is 13.6. The van der Waals surface area contributed by atoms with Crippen molar-refractivity contribution in [2.45, 2.75) is 26.3 Å². The lowest BCUT2D eigenvalue weighted by Gasteiger charge is -2.17. The number of halogens is 1. The molecule has 0 aliphatic rings. The molecule has 0 saturated carbocycles. The van der Waals surface area contributed by atoms with Crippen LogP contribution < -0.4 is 11.3 Å². The minimum absolute atomic E-state index is 0.149. The van der Waals surface area contributed by atoms with Gasteiger partial charge in [-0.2, -0.15) is 0 Å². The fraction of sp³-hybridized carbons (Fsp3) is 0.267. The lowest BCUT2D eigenvalue weighted by molar-refractivity contribution is 0.540. The highest BCUT2D eigenvalue weighted by molar-refractivity contribution is 5.30. The van der Waals surface area contributed by atoms with Crippen molar-refractivity contribution in [1.82, 2.24) is 10.4 Å². The summed E-state index contributed by atoms with van der Waals surface area (Å²) in [6.45, 7) is 4.12. The summed E-state index contributed by atoms with van der Waals surface area (Å²) in [6.07, 6.45) is 3.52. The van der Waals surface area contributed by atoms with Gasteiger partial charge in [-0.25, -0.2) is 4.39 Å². The molecule has 0 radical (unpaired) electrons. The molecule has 0 aliphatic heterocycles. The zero-order valence-corrected chi connectivity index (χ0v) is 11.2. The van der Waals surface area contributed by atoms with Gasteiger partial charge in [-0.15, -0.1) is 0 Å². The van der Waals surface area contributed by atoms with E-state index in [4.69, 9.17) is 5.84 Å². The Kier molecular flexibility index (Phi) is 4.24. The number of nitrogens with one attached hydrogen (secondary N) is 1. The zero-order valence-electron chi connectivity index (χ0n) is 11.2. The van der Waals surface area contributed by atoms with Crippen LogP contribution in [-0.2, 0) is 6.42 Å². The normalized spacial score (nSPS) is 12.4. The molecular weight excluding hydrogens is 241 g/mol. The average Bonchev–Trinajstić information content (AvgIpc) is 2.34. The molecule has 1 aromatic carbocycles. The van der Waals surface area contributed by atoms with Gasteiger partial charge in [-0.1, -0.05) is 29.3 Å². The van der Waals surface area contributed by atoms with Gasteiger partial charge in [0.1, 0.15) is 5.82 Å². The van der Waals surface area contributed by atoms with Crippen LogP contribution in [0.1, 0.15) is 28.3 Å². The van der Waals surface area contributed by atoms with Crippen molar-refractivity contribution in [3.63, 3.8) is 0 Å². The van der Waals surface area contributed by atoms with E-state index in [2.05, 4.69) is 42.5 Å². The fourth-order valence-electron chi connectivity index (χ4n) is 2.31. The summed E-state index contributed by atoms with van der Waals surface area (Å²) in [5, 5.41) is 0. The quantitative estimate of drug-likeness (QED) is 0.655. The molecule has 4 heteroatoms. The summed E-state index contributed by atoms with van der Waals surface area (Å²) in [5.74, 6) is 5.23. The summed E-state index contributed by atoms with van der Waals surface area (Å²) < 4.78 is 13.2. The second kappa shape index (κ2) is 5.91. The van der Waals surface area contributed by atoms with Gasteiger partial charge in [0.25, 0.3) is 0 Å². The molecule has 1 unspecified atom stereocenters. The van der Waals surface area contributed by atoms with Gasteiger partial charge in [-0.05, 0) is 37.5 Å². The van der Waals surface area contributed by atoms with Crippen molar-refractivity contribution < 1.29 is 4.39 Å². The van der Waals surface area contributed by atoms with Crippen molar-refractivity contribution in [3.05, 3.63) is 64.7 Å². The second-order valence-corrected chi connectivity index (χ2v) is 4.86. The molecule has 3 nitrogen and oxygen atoms in total. The van der Waals surface area contributed by atoms with Crippen LogP contribution in [0.5, 0.6) is 0 Å². The highest BCUT2D eigenvalue weighted by atomic mass is 19.1. The molecule has 0 aliphatic carbocycles. The molecule has 0 saturated heterocycles. The zero-order chi connectivity index (χ0) is 13.8. The first-order chi connectivity index (χ1) is 9.08. The summed E-state index contributed by atoms with van der Waals surface area (Å²) >= 11 is 0. The molecule has 2 aromatic rings. The molecule has 3 N–H and O–H groups in total. The maximum atomic E-state index is 13.2. The Labute approximate surface area is 112 Å². The third kappa shape index (κ3) is 3.59. The molecule has 1 atom stereocenters. The van der Waals surface area contributed by atoms with Crippen LogP contribution in [0, 0.1) is 19.7 Å². The van der Waals surface area contributed by atoms with Crippen LogP contribution >= 0.6 is 0 Å². The SMILES string of the molecule is Cc1cc(C)cc(CC(NN)c2cncc(F)c2)c1. The third-order valence-electron chi connectivity index (χ3n) is 3.05. The predicted molar refractivity (Wildman–Crippen MR) is 73.9 cm³/mol. The summed E-state index contributed by atoms with van der Waals surface area (Å²) in [6, 6.07) is 7.66. The smallest absolute Gasteiger partial charge is 0.141 e. The molecule has 100 valence electrons. The minimum Gasteiger partial charge on any atom is -0.271 e. The Morgan fingerprint density at radius 1 is 1.16 bits per heavy atom. The maximum absolute atomic E-state index is 13.2. The molecule has 0 bridgehead atoms. The van der Waals surface area contributed by atoms with E-state index in [1.165, 1.54) is 29.0 Å². The van der Waals surface area contributed by atoms with Gasteiger partial charge >= 0.3 is 0 Å². The molecule has 19 heavy (non-hydrogen) atoms. The number of rotatable bonds is 4. The Bertz CT molecular complexity index is 549. The van der Waals surface area contributed by atoms with E-state index in [9.17, 15) is 4.39 Å². The van der Waals surface area contributed by atoms with Crippen molar-refractivity contribution in [2.24, 2.45) is 5.84 Å². The number of benzene rings is 1. The van der Waals surface area contributed by atoms with E-state index in [-0.39, 0.29) is 11.9 Å². The number of hydrogen-bond acceptors (Lipinski definition) is 3. The average molecular weight is 259 g/mol. The molecule has 1 aromatic heterocycles. The summed E-state index contributed by atoms with van der Waals surface area (Å²) in [5.41, 5.74) is 7.07. The Morgan fingerprint density at radius 2 is 1.84 bits per heavy atom.